The fourth-order valence-electron chi connectivity index (χ4n) is 0. The van der Waals surface area contributed by atoms with E-state index in [0.717, 1.165) is 0 Å². The molecular formula is H2Nb2O2. The Balaban J connectivity index is -0.00000000500. The van der Waals surface area contributed by atoms with Crippen LogP contribution in [0.25, 0.3) is 0 Å². The zero-order valence-electron chi connectivity index (χ0n) is 1.79. The number of rotatable bonds is 0. The van der Waals surface area contributed by atoms with E-state index in [2.05, 4.69) is 0 Å². The maximum absolute atomic E-state index is 6.00. The monoisotopic (exact) mass is 220 g/mol. The van der Waals surface area contributed by atoms with Crippen molar-refractivity contribution in [2.75, 3.05) is 0 Å². The summed E-state index contributed by atoms with van der Waals surface area (Å²) in [6.45, 7) is 0. The van der Waals surface area contributed by atoms with Crippen molar-refractivity contribution >= 4 is 0 Å². The van der Waals surface area contributed by atoms with Gasteiger partial charge in [0.05, 0.1) is 0 Å². The summed E-state index contributed by atoms with van der Waals surface area (Å²) in [7, 11) is 0. The van der Waals surface area contributed by atoms with Gasteiger partial charge in [0.2, 0.25) is 0 Å². The molecule has 2 radical (unpaired) electrons. The van der Waals surface area contributed by atoms with E-state index in [9.17, 15) is 0 Å². The first-order valence-electron chi connectivity index (χ1n) is 0.200. The molecule has 0 rings (SSSR count). The maximum Gasteiger partial charge on any atom is 0 e. The van der Waals surface area contributed by atoms with Crippen LogP contribution in [-0.2, 0) is 44.8 Å². The average Bonchev–Trinajstić information content (AvgIpc) is 1.00. The maximum atomic E-state index is 6.00. The van der Waals surface area contributed by atoms with E-state index in [1.807, 2.05) is 0 Å². The zero-order chi connectivity index (χ0) is 2.00. The van der Waals surface area contributed by atoms with Crippen LogP contribution in [0.2, 0.25) is 0 Å². The van der Waals surface area contributed by atoms with Gasteiger partial charge >= 0.3 is 0 Å². The molecular weight excluding hydrogens is 218 g/mol. The molecule has 0 amide bonds. The van der Waals surface area contributed by atoms with Gasteiger partial charge < -0.3 is 0 Å². The Labute approximate surface area is 55.2 Å². The molecule has 0 aromatic rings. The van der Waals surface area contributed by atoms with E-state index in [-0.39, 0.29) is 44.8 Å². The summed E-state index contributed by atoms with van der Waals surface area (Å²) in [6.07, 6.45) is 0. The van der Waals surface area contributed by atoms with E-state index in [4.69, 9.17) is 10.5 Å². The van der Waals surface area contributed by atoms with Gasteiger partial charge in [-0.3, -0.25) is 10.5 Å². The second-order valence-corrected chi connectivity index (χ2v) is 0. The molecule has 0 aliphatic carbocycles. The third-order valence-electron chi connectivity index (χ3n) is 0. The predicted molar refractivity (Wildman–Crippen MR) is 5.26 cm³/mol. The molecule has 0 spiro atoms. The van der Waals surface area contributed by atoms with Crippen LogP contribution in [-0.4, -0.2) is 10.5 Å². The standard InChI is InChI=1S/2Nb.H2O2/c;;1-2/h;;1-2H. The number of hydrogen-bond acceptors (Lipinski definition) is 2. The summed E-state index contributed by atoms with van der Waals surface area (Å²) in [6, 6.07) is 0. The Hall–Kier alpha value is 1.40. The van der Waals surface area contributed by atoms with Crippen LogP contribution in [0.3, 0.4) is 0 Å². The van der Waals surface area contributed by atoms with Crippen LogP contribution in [0, 0.1) is 0 Å². The summed E-state index contributed by atoms with van der Waals surface area (Å²) in [4.78, 5) is 0. The minimum atomic E-state index is 0. The summed E-state index contributed by atoms with van der Waals surface area (Å²) >= 11 is 0. The van der Waals surface area contributed by atoms with E-state index < -0.39 is 0 Å². The molecule has 4 heavy (non-hydrogen) atoms. The van der Waals surface area contributed by atoms with Crippen LogP contribution in [0.4, 0.5) is 0 Å². The van der Waals surface area contributed by atoms with Gasteiger partial charge in [-0.2, -0.15) is 0 Å². The van der Waals surface area contributed by atoms with Crippen molar-refractivity contribution in [2.45, 2.75) is 0 Å². The molecule has 0 aromatic carbocycles. The fourth-order valence-corrected chi connectivity index (χ4v) is 0. The normalized spacial score (nSPS) is 1.50. The quantitative estimate of drug-likeness (QED) is 0.343. The van der Waals surface area contributed by atoms with Gasteiger partial charge in [0.1, 0.15) is 0 Å². The van der Waals surface area contributed by atoms with Gasteiger partial charge in [0.25, 0.3) is 0 Å². The van der Waals surface area contributed by atoms with Crippen LogP contribution in [0.5, 0.6) is 0 Å². The van der Waals surface area contributed by atoms with E-state index >= 15 is 0 Å². The van der Waals surface area contributed by atoms with E-state index in [1.54, 1.807) is 0 Å². The van der Waals surface area contributed by atoms with Crippen molar-refractivity contribution in [3.63, 3.8) is 0 Å². The van der Waals surface area contributed by atoms with Crippen LogP contribution >= 0.6 is 0 Å². The van der Waals surface area contributed by atoms with Crippen molar-refractivity contribution in [1.82, 2.24) is 0 Å². The first-order chi connectivity index (χ1) is 1.00. The van der Waals surface area contributed by atoms with Crippen molar-refractivity contribution in [3.8, 4) is 0 Å². The molecule has 0 unspecified atom stereocenters. The van der Waals surface area contributed by atoms with Gasteiger partial charge in [-0.05, 0) is 0 Å². The first kappa shape index (κ1) is 18.1. The van der Waals surface area contributed by atoms with Crippen LogP contribution in [0.1, 0.15) is 0 Å². The molecule has 0 saturated heterocycles. The van der Waals surface area contributed by atoms with Gasteiger partial charge in [0, 0.05) is 44.8 Å². The molecule has 2 nitrogen and oxygen atoms in total. The average molecular weight is 220 g/mol. The Morgan fingerprint density at radius 1 is 0.750 bits per heavy atom. The second-order valence-electron chi connectivity index (χ2n) is 0. The predicted octanol–water partition coefficient (Wildman–Crippen LogP) is 0.0124. The molecule has 0 aliphatic heterocycles. The molecule has 0 bridgehead atoms. The van der Waals surface area contributed by atoms with E-state index in [0.29, 0.717) is 0 Å². The van der Waals surface area contributed by atoms with Crippen molar-refractivity contribution in [2.24, 2.45) is 0 Å². The van der Waals surface area contributed by atoms with Crippen molar-refractivity contribution < 1.29 is 55.3 Å². The molecule has 0 aromatic heterocycles. The molecule has 0 fully saturated rings. The van der Waals surface area contributed by atoms with E-state index in [1.165, 1.54) is 0 Å². The minimum Gasteiger partial charge on any atom is -0.255 e. The third-order valence-corrected chi connectivity index (χ3v) is 0. The van der Waals surface area contributed by atoms with Crippen molar-refractivity contribution in [3.05, 3.63) is 0 Å². The number of hydrogen-bond donors (Lipinski definition) is 2. The van der Waals surface area contributed by atoms with Crippen LogP contribution in [0.15, 0.2) is 0 Å². The Bertz CT molecular complexity index is 4.00. The zero-order valence-corrected chi connectivity index (χ0v) is 6.19. The molecule has 4 heteroatoms. The smallest absolute Gasteiger partial charge is 0 e. The SMILES string of the molecule is OO.[Nb].[Nb]. The Kier molecular flexibility index (Phi) is 118. The molecule has 24 valence electrons. The van der Waals surface area contributed by atoms with Gasteiger partial charge in [-0.25, -0.2) is 0 Å². The van der Waals surface area contributed by atoms with Crippen molar-refractivity contribution in [1.29, 1.82) is 0 Å². The minimum absolute atomic E-state index is 0. The molecule has 0 atom stereocenters. The third kappa shape index (κ3) is 9.99. The van der Waals surface area contributed by atoms with Gasteiger partial charge in [-0.1, -0.05) is 0 Å². The summed E-state index contributed by atoms with van der Waals surface area (Å²) < 4.78 is 0. The Morgan fingerprint density at radius 2 is 0.750 bits per heavy atom. The Morgan fingerprint density at radius 3 is 0.750 bits per heavy atom. The largest absolute Gasteiger partial charge is 0.255 e. The molecule has 0 saturated carbocycles. The molecule has 0 heterocycles. The first-order valence-corrected chi connectivity index (χ1v) is 0.200. The molecule has 0 aliphatic rings. The summed E-state index contributed by atoms with van der Waals surface area (Å²) in [5.41, 5.74) is 0. The molecule has 2 N–H and O–H groups in total. The summed E-state index contributed by atoms with van der Waals surface area (Å²) in [5.74, 6) is 0. The fraction of sp³-hybridized carbons (Fsp3) is 0. The topological polar surface area (TPSA) is 40.5 Å². The second kappa shape index (κ2) is 25.9. The van der Waals surface area contributed by atoms with Crippen LogP contribution < -0.4 is 0 Å². The van der Waals surface area contributed by atoms with Gasteiger partial charge in [0.15, 0.2) is 0 Å². The summed E-state index contributed by atoms with van der Waals surface area (Å²) in [5, 5.41) is 12.0. The van der Waals surface area contributed by atoms with Gasteiger partial charge in [-0.15, -0.1) is 0 Å².